The zero-order valence-electron chi connectivity index (χ0n) is 12.8. The third-order valence-corrected chi connectivity index (χ3v) is 2.52. The Balaban J connectivity index is 4.36. The van der Waals surface area contributed by atoms with E-state index in [0.717, 1.165) is 0 Å². The van der Waals surface area contributed by atoms with E-state index in [-0.39, 0.29) is 24.4 Å². The van der Waals surface area contributed by atoms with Gasteiger partial charge in [-0.05, 0) is 34.6 Å². The molecular formula is C13H25N3O4. The second kappa shape index (κ2) is 7.72. The van der Waals surface area contributed by atoms with E-state index >= 15 is 0 Å². The highest BCUT2D eigenvalue weighted by Gasteiger charge is 2.21. The average Bonchev–Trinajstić information content (AvgIpc) is 2.23. The predicted octanol–water partition coefficient (Wildman–Crippen LogP) is 0.796. The zero-order valence-corrected chi connectivity index (χ0v) is 12.8. The molecule has 0 aromatic rings. The van der Waals surface area contributed by atoms with Gasteiger partial charge in [0.15, 0.2) is 0 Å². The molecule has 1 unspecified atom stereocenters. The third kappa shape index (κ3) is 7.60. The monoisotopic (exact) mass is 287 g/mol. The number of hydrogen-bond acceptors (Lipinski definition) is 3. The zero-order chi connectivity index (χ0) is 15.9. The van der Waals surface area contributed by atoms with E-state index in [1.165, 1.54) is 4.90 Å². The SMILES string of the molecule is CCN(C(=O)NCC(=O)NC(C)(C)C)C(C)CC(=O)O. The fourth-order valence-electron chi connectivity index (χ4n) is 1.74. The quantitative estimate of drug-likeness (QED) is 0.672. The van der Waals surface area contributed by atoms with Crippen molar-refractivity contribution in [3.63, 3.8) is 0 Å². The van der Waals surface area contributed by atoms with Crippen LogP contribution in [0, 0.1) is 0 Å². The van der Waals surface area contributed by atoms with Crippen molar-refractivity contribution in [2.24, 2.45) is 0 Å². The number of urea groups is 1. The summed E-state index contributed by atoms with van der Waals surface area (Å²) in [4.78, 5) is 35.5. The Morgan fingerprint density at radius 2 is 1.80 bits per heavy atom. The normalized spacial score (nSPS) is 12.4. The Morgan fingerprint density at radius 3 is 2.20 bits per heavy atom. The molecule has 0 bridgehead atoms. The fourth-order valence-corrected chi connectivity index (χ4v) is 1.74. The molecular weight excluding hydrogens is 262 g/mol. The Kier molecular flexibility index (Phi) is 7.02. The van der Waals surface area contributed by atoms with Gasteiger partial charge in [0.2, 0.25) is 5.91 Å². The van der Waals surface area contributed by atoms with Crippen molar-refractivity contribution in [3.05, 3.63) is 0 Å². The smallest absolute Gasteiger partial charge is 0.318 e. The maximum Gasteiger partial charge on any atom is 0.318 e. The molecule has 7 heteroatoms. The van der Waals surface area contributed by atoms with Gasteiger partial charge in [0.25, 0.3) is 0 Å². The van der Waals surface area contributed by atoms with E-state index in [0.29, 0.717) is 6.54 Å². The Labute approximate surface area is 119 Å². The van der Waals surface area contributed by atoms with Crippen LogP contribution in [0.15, 0.2) is 0 Å². The van der Waals surface area contributed by atoms with Crippen LogP contribution in [0.5, 0.6) is 0 Å². The molecule has 0 radical (unpaired) electrons. The molecule has 3 N–H and O–H groups in total. The van der Waals surface area contributed by atoms with Gasteiger partial charge in [0, 0.05) is 18.1 Å². The summed E-state index contributed by atoms with van der Waals surface area (Å²) in [6.45, 7) is 9.20. The molecule has 0 aliphatic rings. The van der Waals surface area contributed by atoms with E-state index in [1.807, 2.05) is 20.8 Å². The van der Waals surface area contributed by atoms with Crippen LogP contribution >= 0.6 is 0 Å². The lowest BCUT2D eigenvalue weighted by molar-refractivity contribution is -0.138. The summed E-state index contributed by atoms with van der Waals surface area (Å²) in [6.07, 6.45) is -0.130. The number of carboxylic acid groups (broad SMARTS) is 1. The van der Waals surface area contributed by atoms with Crippen LogP contribution in [-0.4, -0.2) is 52.6 Å². The van der Waals surface area contributed by atoms with Gasteiger partial charge in [-0.1, -0.05) is 0 Å². The first-order valence-corrected chi connectivity index (χ1v) is 6.64. The minimum Gasteiger partial charge on any atom is -0.481 e. The van der Waals surface area contributed by atoms with Crippen molar-refractivity contribution in [1.29, 1.82) is 0 Å². The minimum atomic E-state index is -0.964. The van der Waals surface area contributed by atoms with Crippen LogP contribution in [0.1, 0.15) is 41.0 Å². The molecule has 0 aromatic carbocycles. The largest absolute Gasteiger partial charge is 0.481 e. The van der Waals surface area contributed by atoms with Crippen molar-refractivity contribution < 1.29 is 19.5 Å². The van der Waals surface area contributed by atoms with Crippen LogP contribution in [0.4, 0.5) is 4.79 Å². The highest BCUT2D eigenvalue weighted by molar-refractivity contribution is 5.84. The van der Waals surface area contributed by atoms with Gasteiger partial charge in [-0.25, -0.2) is 4.79 Å². The fraction of sp³-hybridized carbons (Fsp3) is 0.769. The number of rotatable bonds is 6. The summed E-state index contributed by atoms with van der Waals surface area (Å²) in [6, 6.07) is -0.867. The second-order valence-electron chi connectivity index (χ2n) is 5.69. The molecule has 0 aliphatic carbocycles. The Bertz CT molecular complexity index is 363. The van der Waals surface area contributed by atoms with Crippen molar-refractivity contribution >= 4 is 17.9 Å². The summed E-state index contributed by atoms with van der Waals surface area (Å²) in [7, 11) is 0. The van der Waals surface area contributed by atoms with Crippen molar-refractivity contribution in [2.75, 3.05) is 13.1 Å². The number of carbonyl (C=O) groups is 3. The number of nitrogens with one attached hydrogen (secondary N) is 2. The molecule has 116 valence electrons. The highest BCUT2D eigenvalue weighted by Crippen LogP contribution is 2.04. The van der Waals surface area contributed by atoms with Gasteiger partial charge in [0.05, 0.1) is 13.0 Å². The number of amides is 3. The van der Waals surface area contributed by atoms with E-state index in [1.54, 1.807) is 13.8 Å². The molecule has 0 rings (SSSR count). The highest BCUT2D eigenvalue weighted by atomic mass is 16.4. The van der Waals surface area contributed by atoms with Gasteiger partial charge >= 0.3 is 12.0 Å². The topological polar surface area (TPSA) is 98.7 Å². The number of hydrogen-bond donors (Lipinski definition) is 3. The van der Waals surface area contributed by atoms with E-state index in [9.17, 15) is 14.4 Å². The van der Waals surface area contributed by atoms with Crippen LogP contribution in [-0.2, 0) is 9.59 Å². The van der Waals surface area contributed by atoms with Crippen molar-refractivity contribution in [1.82, 2.24) is 15.5 Å². The molecule has 0 aliphatic heterocycles. The molecule has 7 nitrogen and oxygen atoms in total. The molecule has 20 heavy (non-hydrogen) atoms. The van der Waals surface area contributed by atoms with E-state index in [2.05, 4.69) is 10.6 Å². The summed E-state index contributed by atoms with van der Waals surface area (Å²) in [5, 5.41) is 14.0. The molecule has 0 spiro atoms. The van der Waals surface area contributed by atoms with Gasteiger partial charge in [-0.2, -0.15) is 0 Å². The first kappa shape index (κ1) is 18.2. The Hall–Kier alpha value is -1.79. The summed E-state index contributed by atoms with van der Waals surface area (Å²) in [5.41, 5.74) is -0.358. The lowest BCUT2D eigenvalue weighted by atomic mass is 10.1. The first-order chi connectivity index (χ1) is 9.06. The molecule has 3 amide bonds. The van der Waals surface area contributed by atoms with Crippen LogP contribution < -0.4 is 10.6 Å². The molecule has 0 heterocycles. The molecule has 0 aromatic heterocycles. The van der Waals surface area contributed by atoms with Crippen LogP contribution in [0.3, 0.4) is 0 Å². The van der Waals surface area contributed by atoms with Gasteiger partial charge in [0.1, 0.15) is 0 Å². The second-order valence-corrected chi connectivity index (χ2v) is 5.69. The summed E-state index contributed by atoms with van der Waals surface area (Å²) in [5.74, 6) is -1.25. The number of aliphatic carboxylic acids is 1. The predicted molar refractivity (Wildman–Crippen MR) is 75.4 cm³/mol. The minimum absolute atomic E-state index is 0.130. The van der Waals surface area contributed by atoms with E-state index < -0.39 is 18.0 Å². The van der Waals surface area contributed by atoms with Gasteiger partial charge in [-0.3, -0.25) is 9.59 Å². The molecule has 0 saturated carbocycles. The third-order valence-electron chi connectivity index (χ3n) is 2.52. The van der Waals surface area contributed by atoms with Gasteiger partial charge in [-0.15, -0.1) is 0 Å². The maximum atomic E-state index is 11.9. The standard InChI is InChI=1S/C13H25N3O4/c1-6-16(9(2)7-11(18)19)12(20)14-8-10(17)15-13(3,4)5/h9H,6-8H2,1-5H3,(H,14,20)(H,15,17)(H,18,19). The van der Waals surface area contributed by atoms with Gasteiger partial charge < -0.3 is 20.6 Å². The van der Waals surface area contributed by atoms with Crippen molar-refractivity contribution in [3.8, 4) is 0 Å². The number of nitrogens with zero attached hydrogens (tertiary/aromatic N) is 1. The van der Waals surface area contributed by atoms with Crippen LogP contribution in [0.2, 0.25) is 0 Å². The molecule has 0 saturated heterocycles. The van der Waals surface area contributed by atoms with E-state index in [4.69, 9.17) is 5.11 Å². The average molecular weight is 287 g/mol. The molecule has 0 fully saturated rings. The number of carboxylic acids is 1. The maximum absolute atomic E-state index is 11.9. The Morgan fingerprint density at radius 1 is 1.25 bits per heavy atom. The first-order valence-electron chi connectivity index (χ1n) is 6.64. The summed E-state index contributed by atoms with van der Waals surface area (Å²) < 4.78 is 0. The van der Waals surface area contributed by atoms with Crippen LogP contribution in [0.25, 0.3) is 0 Å². The van der Waals surface area contributed by atoms with Crippen molar-refractivity contribution in [2.45, 2.75) is 52.6 Å². The lowest BCUT2D eigenvalue weighted by Crippen LogP contribution is -2.50. The number of carbonyl (C=O) groups excluding carboxylic acids is 2. The summed E-state index contributed by atoms with van der Waals surface area (Å²) >= 11 is 0. The lowest BCUT2D eigenvalue weighted by Gasteiger charge is -2.27. The molecule has 1 atom stereocenters.